The molecule has 1 aromatic heterocycles. The minimum Gasteiger partial charge on any atom is -0.391 e. The van der Waals surface area contributed by atoms with Crippen molar-refractivity contribution in [3.8, 4) is 0 Å². The van der Waals surface area contributed by atoms with Gasteiger partial charge in [-0.25, -0.2) is 0 Å². The van der Waals surface area contributed by atoms with Crippen LogP contribution in [0.1, 0.15) is 16.9 Å². The Bertz CT molecular complexity index is 350. The number of rotatable bonds is 1. The van der Waals surface area contributed by atoms with Gasteiger partial charge in [-0.1, -0.05) is 11.6 Å². The molecule has 1 aliphatic heterocycles. The van der Waals surface area contributed by atoms with Crippen LogP contribution in [0.15, 0.2) is 12.3 Å². The van der Waals surface area contributed by atoms with Crippen LogP contribution in [0, 0.1) is 0 Å². The molecule has 1 atom stereocenters. The predicted octanol–water partition coefficient (Wildman–Crippen LogP) is 0.875. The average molecular weight is 215 g/mol. The van der Waals surface area contributed by atoms with Crippen LogP contribution in [-0.2, 0) is 0 Å². The summed E-state index contributed by atoms with van der Waals surface area (Å²) in [5, 5.41) is 9.79. The standard InChI is InChI=1S/C9H11ClN2O2/c10-6-3-8(11-4-6)9(14)12-2-1-7(13)5-12/h3-4,7,11,13H,1-2,5H2. The summed E-state index contributed by atoms with van der Waals surface area (Å²) in [6.07, 6.45) is 1.84. The van der Waals surface area contributed by atoms with E-state index in [1.807, 2.05) is 0 Å². The Labute approximate surface area is 86.5 Å². The fourth-order valence-electron chi connectivity index (χ4n) is 1.59. The van der Waals surface area contributed by atoms with Crippen LogP contribution in [0.5, 0.6) is 0 Å². The van der Waals surface area contributed by atoms with Gasteiger partial charge in [0, 0.05) is 19.3 Å². The lowest BCUT2D eigenvalue weighted by Crippen LogP contribution is -2.29. The molecule has 1 amide bonds. The molecule has 1 unspecified atom stereocenters. The minimum absolute atomic E-state index is 0.103. The third kappa shape index (κ3) is 1.76. The number of halogens is 1. The summed E-state index contributed by atoms with van der Waals surface area (Å²) in [6, 6.07) is 1.59. The number of aliphatic hydroxyl groups excluding tert-OH is 1. The molecule has 1 aliphatic rings. The maximum absolute atomic E-state index is 11.7. The number of hydrogen-bond acceptors (Lipinski definition) is 2. The first-order chi connectivity index (χ1) is 6.66. The van der Waals surface area contributed by atoms with Gasteiger partial charge in [0.05, 0.1) is 11.1 Å². The summed E-state index contributed by atoms with van der Waals surface area (Å²) in [7, 11) is 0. The highest BCUT2D eigenvalue weighted by molar-refractivity contribution is 6.30. The van der Waals surface area contributed by atoms with Crippen molar-refractivity contribution in [3.63, 3.8) is 0 Å². The number of nitrogens with zero attached hydrogens (tertiary/aromatic N) is 1. The van der Waals surface area contributed by atoms with E-state index >= 15 is 0 Å². The summed E-state index contributed by atoms with van der Waals surface area (Å²) in [5.74, 6) is -0.103. The van der Waals surface area contributed by atoms with E-state index in [2.05, 4.69) is 4.98 Å². The van der Waals surface area contributed by atoms with Gasteiger partial charge in [-0.2, -0.15) is 0 Å². The second kappa shape index (κ2) is 3.63. The average Bonchev–Trinajstić information content (AvgIpc) is 2.73. The van der Waals surface area contributed by atoms with Crippen LogP contribution in [-0.4, -0.2) is 40.1 Å². The molecule has 0 aliphatic carbocycles. The quantitative estimate of drug-likeness (QED) is 0.729. The highest BCUT2D eigenvalue weighted by atomic mass is 35.5. The number of hydrogen-bond donors (Lipinski definition) is 2. The van der Waals surface area contributed by atoms with Gasteiger partial charge >= 0.3 is 0 Å². The number of aromatic amines is 1. The highest BCUT2D eigenvalue weighted by Crippen LogP contribution is 2.15. The molecule has 2 N–H and O–H groups in total. The molecule has 1 saturated heterocycles. The maximum Gasteiger partial charge on any atom is 0.270 e. The van der Waals surface area contributed by atoms with Gasteiger partial charge in [0.15, 0.2) is 0 Å². The maximum atomic E-state index is 11.7. The first-order valence-corrected chi connectivity index (χ1v) is 4.86. The first-order valence-electron chi connectivity index (χ1n) is 4.48. The van der Waals surface area contributed by atoms with E-state index in [0.717, 1.165) is 0 Å². The predicted molar refractivity (Wildman–Crippen MR) is 52.3 cm³/mol. The van der Waals surface area contributed by atoms with Crippen molar-refractivity contribution in [2.75, 3.05) is 13.1 Å². The van der Waals surface area contributed by atoms with Crippen molar-refractivity contribution in [3.05, 3.63) is 23.0 Å². The molecule has 0 spiro atoms. The molecule has 76 valence electrons. The molecule has 1 fully saturated rings. The Morgan fingerprint density at radius 1 is 1.71 bits per heavy atom. The molecule has 0 bridgehead atoms. The van der Waals surface area contributed by atoms with Crippen molar-refractivity contribution in [1.29, 1.82) is 0 Å². The monoisotopic (exact) mass is 214 g/mol. The Hall–Kier alpha value is -1.00. The van der Waals surface area contributed by atoms with Gasteiger partial charge in [0.25, 0.3) is 5.91 Å². The van der Waals surface area contributed by atoms with Crippen LogP contribution in [0.2, 0.25) is 5.02 Å². The SMILES string of the molecule is O=C(c1cc(Cl)c[nH]1)N1CCC(O)C1. The molecular weight excluding hydrogens is 204 g/mol. The van der Waals surface area contributed by atoms with Crippen molar-refractivity contribution in [2.45, 2.75) is 12.5 Å². The van der Waals surface area contributed by atoms with Gasteiger partial charge in [-0.3, -0.25) is 4.79 Å². The zero-order valence-corrected chi connectivity index (χ0v) is 8.29. The van der Waals surface area contributed by atoms with Gasteiger partial charge in [-0.05, 0) is 12.5 Å². The number of amides is 1. The molecule has 2 rings (SSSR count). The van der Waals surface area contributed by atoms with Crippen molar-refractivity contribution in [1.82, 2.24) is 9.88 Å². The molecule has 0 saturated carbocycles. The number of likely N-dealkylation sites (tertiary alicyclic amines) is 1. The van der Waals surface area contributed by atoms with Crippen molar-refractivity contribution >= 4 is 17.5 Å². The van der Waals surface area contributed by atoms with Crippen LogP contribution < -0.4 is 0 Å². The summed E-state index contributed by atoms with van der Waals surface area (Å²) in [4.78, 5) is 16.1. The summed E-state index contributed by atoms with van der Waals surface area (Å²) in [6.45, 7) is 1.02. The van der Waals surface area contributed by atoms with Gasteiger partial charge in [0.1, 0.15) is 5.69 Å². The normalized spacial score (nSPS) is 21.6. The van der Waals surface area contributed by atoms with Gasteiger partial charge in [-0.15, -0.1) is 0 Å². The van der Waals surface area contributed by atoms with E-state index in [9.17, 15) is 9.90 Å². The smallest absolute Gasteiger partial charge is 0.270 e. The number of carbonyl (C=O) groups excluding carboxylic acids is 1. The molecule has 1 aromatic rings. The summed E-state index contributed by atoms with van der Waals surface area (Å²) < 4.78 is 0. The Kier molecular flexibility index (Phi) is 2.48. The number of aliphatic hydroxyl groups is 1. The number of nitrogens with one attached hydrogen (secondary N) is 1. The third-order valence-electron chi connectivity index (χ3n) is 2.33. The van der Waals surface area contributed by atoms with E-state index in [1.54, 1.807) is 17.2 Å². The lowest BCUT2D eigenvalue weighted by atomic mass is 10.3. The second-order valence-corrected chi connectivity index (χ2v) is 3.86. The van der Waals surface area contributed by atoms with E-state index in [0.29, 0.717) is 30.2 Å². The Balaban J connectivity index is 2.09. The molecule has 14 heavy (non-hydrogen) atoms. The molecule has 4 nitrogen and oxygen atoms in total. The van der Waals surface area contributed by atoms with E-state index in [-0.39, 0.29) is 12.0 Å². The molecule has 0 aromatic carbocycles. The van der Waals surface area contributed by atoms with Crippen LogP contribution in [0.4, 0.5) is 0 Å². The second-order valence-electron chi connectivity index (χ2n) is 3.43. The van der Waals surface area contributed by atoms with Gasteiger partial charge < -0.3 is 15.0 Å². The van der Waals surface area contributed by atoms with Crippen molar-refractivity contribution < 1.29 is 9.90 Å². The molecule has 2 heterocycles. The van der Waals surface area contributed by atoms with Crippen molar-refractivity contribution in [2.24, 2.45) is 0 Å². The number of aromatic nitrogens is 1. The van der Waals surface area contributed by atoms with Crippen LogP contribution >= 0.6 is 11.6 Å². The van der Waals surface area contributed by atoms with E-state index in [1.165, 1.54) is 0 Å². The molecule has 0 radical (unpaired) electrons. The fourth-order valence-corrected chi connectivity index (χ4v) is 1.75. The lowest BCUT2D eigenvalue weighted by Gasteiger charge is -2.13. The Morgan fingerprint density at radius 3 is 3.00 bits per heavy atom. The Morgan fingerprint density at radius 2 is 2.50 bits per heavy atom. The number of H-pyrrole nitrogens is 1. The number of carbonyl (C=O) groups is 1. The minimum atomic E-state index is -0.385. The lowest BCUT2D eigenvalue weighted by molar-refractivity contribution is 0.0760. The fraction of sp³-hybridized carbons (Fsp3) is 0.444. The molecule has 5 heteroatoms. The highest BCUT2D eigenvalue weighted by Gasteiger charge is 2.25. The van der Waals surface area contributed by atoms with E-state index in [4.69, 9.17) is 11.6 Å². The molecular formula is C9H11ClN2O2. The van der Waals surface area contributed by atoms with Crippen LogP contribution in [0.3, 0.4) is 0 Å². The zero-order chi connectivity index (χ0) is 10.1. The summed E-state index contributed by atoms with van der Waals surface area (Å²) in [5.41, 5.74) is 0.476. The number of β-amino-alcohol motifs (C(OH)–C–C–N with tert-alkyl or cyclic N) is 1. The zero-order valence-electron chi connectivity index (χ0n) is 7.53. The van der Waals surface area contributed by atoms with E-state index < -0.39 is 0 Å². The van der Waals surface area contributed by atoms with Crippen LogP contribution in [0.25, 0.3) is 0 Å². The topological polar surface area (TPSA) is 56.3 Å². The first kappa shape index (κ1) is 9.55. The largest absolute Gasteiger partial charge is 0.391 e. The summed E-state index contributed by atoms with van der Waals surface area (Å²) >= 11 is 5.69. The van der Waals surface area contributed by atoms with Gasteiger partial charge in [0.2, 0.25) is 0 Å². The third-order valence-corrected chi connectivity index (χ3v) is 2.55.